The van der Waals surface area contributed by atoms with Gasteiger partial charge >= 0.3 is 0 Å². The van der Waals surface area contributed by atoms with E-state index in [4.69, 9.17) is 15.6 Å². The van der Waals surface area contributed by atoms with E-state index in [0.717, 1.165) is 0 Å². The maximum absolute atomic E-state index is 13.4. The molecule has 0 unspecified atom stereocenters. The summed E-state index contributed by atoms with van der Waals surface area (Å²) < 4.78 is 18.8. The highest BCUT2D eigenvalue weighted by Crippen LogP contribution is 2.27. The first-order valence-corrected chi connectivity index (χ1v) is 5.35. The van der Waals surface area contributed by atoms with Crippen molar-refractivity contribution in [2.45, 2.75) is 26.3 Å². The first-order chi connectivity index (χ1) is 7.56. The standard InChI is InChI=1S/C12H18FNO2/c1-8-6-12(16-5-3-4-15)10(9(2)14)7-11(8)13/h6-7,9,15H,3-5,14H2,1-2H3/t9-/m1/s1. The fraction of sp³-hybridized carbons (Fsp3) is 0.500. The van der Waals surface area contributed by atoms with Crippen LogP contribution in [0.25, 0.3) is 0 Å². The Morgan fingerprint density at radius 2 is 2.19 bits per heavy atom. The molecular formula is C12H18FNO2. The van der Waals surface area contributed by atoms with Gasteiger partial charge in [-0.2, -0.15) is 0 Å². The van der Waals surface area contributed by atoms with Crippen molar-refractivity contribution < 1.29 is 14.2 Å². The molecule has 3 N–H and O–H groups in total. The van der Waals surface area contributed by atoms with Crippen LogP contribution >= 0.6 is 0 Å². The third-order valence-corrected chi connectivity index (χ3v) is 2.34. The summed E-state index contributed by atoms with van der Waals surface area (Å²) in [6.07, 6.45) is 0.550. The van der Waals surface area contributed by atoms with Crippen LogP contribution in [0, 0.1) is 12.7 Å². The van der Waals surface area contributed by atoms with Gasteiger partial charge in [0.15, 0.2) is 0 Å². The van der Waals surface area contributed by atoms with Gasteiger partial charge in [0.1, 0.15) is 11.6 Å². The molecule has 0 amide bonds. The number of hydrogen-bond acceptors (Lipinski definition) is 3. The zero-order valence-electron chi connectivity index (χ0n) is 9.66. The minimum atomic E-state index is -0.278. The maximum Gasteiger partial charge on any atom is 0.126 e. The van der Waals surface area contributed by atoms with E-state index in [1.54, 1.807) is 19.9 Å². The van der Waals surface area contributed by atoms with Crippen LogP contribution in [0.5, 0.6) is 5.75 Å². The monoisotopic (exact) mass is 227 g/mol. The summed E-state index contributed by atoms with van der Waals surface area (Å²) in [4.78, 5) is 0. The Balaban J connectivity index is 2.91. The SMILES string of the molecule is Cc1cc(OCCCO)c([C@@H](C)N)cc1F. The lowest BCUT2D eigenvalue weighted by Crippen LogP contribution is -2.10. The Bertz CT molecular complexity index is 353. The van der Waals surface area contributed by atoms with Crippen LogP contribution in [-0.4, -0.2) is 18.3 Å². The molecule has 1 aromatic carbocycles. The summed E-state index contributed by atoms with van der Waals surface area (Å²) in [5.74, 6) is 0.323. The third-order valence-electron chi connectivity index (χ3n) is 2.34. The lowest BCUT2D eigenvalue weighted by Gasteiger charge is -2.15. The van der Waals surface area contributed by atoms with Gasteiger partial charge in [-0.25, -0.2) is 4.39 Å². The number of aliphatic hydroxyl groups is 1. The van der Waals surface area contributed by atoms with Gasteiger partial charge in [0.25, 0.3) is 0 Å². The Labute approximate surface area is 95.0 Å². The van der Waals surface area contributed by atoms with Crippen molar-refractivity contribution in [2.24, 2.45) is 5.73 Å². The Morgan fingerprint density at radius 3 is 2.75 bits per heavy atom. The van der Waals surface area contributed by atoms with Crippen LogP contribution in [0.15, 0.2) is 12.1 Å². The molecule has 1 atom stereocenters. The molecule has 0 saturated heterocycles. The molecule has 3 nitrogen and oxygen atoms in total. The van der Waals surface area contributed by atoms with Crippen molar-refractivity contribution in [3.63, 3.8) is 0 Å². The molecule has 0 aliphatic rings. The van der Waals surface area contributed by atoms with Gasteiger partial charge in [-0.3, -0.25) is 0 Å². The van der Waals surface area contributed by atoms with E-state index in [1.165, 1.54) is 6.07 Å². The summed E-state index contributed by atoms with van der Waals surface area (Å²) in [5, 5.41) is 8.66. The number of benzene rings is 1. The van der Waals surface area contributed by atoms with Gasteiger partial charge in [-0.1, -0.05) is 0 Å². The van der Waals surface area contributed by atoms with Crippen LogP contribution in [0.4, 0.5) is 4.39 Å². The van der Waals surface area contributed by atoms with Crippen LogP contribution < -0.4 is 10.5 Å². The topological polar surface area (TPSA) is 55.5 Å². The quantitative estimate of drug-likeness (QED) is 0.755. The van der Waals surface area contributed by atoms with Gasteiger partial charge in [0.2, 0.25) is 0 Å². The fourth-order valence-electron chi connectivity index (χ4n) is 1.40. The van der Waals surface area contributed by atoms with E-state index in [9.17, 15) is 4.39 Å². The highest BCUT2D eigenvalue weighted by Gasteiger charge is 2.11. The normalized spacial score (nSPS) is 12.6. The molecule has 0 heterocycles. The molecule has 0 aliphatic carbocycles. The van der Waals surface area contributed by atoms with Crippen molar-refractivity contribution >= 4 is 0 Å². The number of aryl methyl sites for hydroxylation is 1. The molecule has 0 spiro atoms. The molecule has 90 valence electrons. The van der Waals surface area contributed by atoms with Gasteiger partial charge < -0.3 is 15.6 Å². The average molecular weight is 227 g/mol. The molecule has 0 radical (unpaired) electrons. The fourth-order valence-corrected chi connectivity index (χ4v) is 1.40. The van der Waals surface area contributed by atoms with Crippen LogP contribution in [0.2, 0.25) is 0 Å². The molecule has 0 bridgehead atoms. The molecule has 0 saturated carbocycles. The summed E-state index contributed by atoms with van der Waals surface area (Å²) in [6.45, 7) is 3.94. The Kier molecular flexibility index (Phi) is 4.71. The summed E-state index contributed by atoms with van der Waals surface area (Å²) in [5.41, 5.74) is 6.93. The van der Waals surface area contributed by atoms with Crippen LogP contribution in [0.3, 0.4) is 0 Å². The van der Waals surface area contributed by atoms with E-state index in [0.29, 0.717) is 29.9 Å². The number of rotatable bonds is 5. The minimum Gasteiger partial charge on any atom is -0.493 e. The summed E-state index contributed by atoms with van der Waals surface area (Å²) in [6, 6.07) is 2.78. The number of nitrogens with two attached hydrogens (primary N) is 1. The molecule has 1 rings (SSSR count). The lowest BCUT2D eigenvalue weighted by atomic mass is 10.1. The number of aliphatic hydroxyl groups excluding tert-OH is 1. The zero-order chi connectivity index (χ0) is 12.1. The minimum absolute atomic E-state index is 0.0771. The Morgan fingerprint density at radius 1 is 1.50 bits per heavy atom. The smallest absolute Gasteiger partial charge is 0.126 e. The second kappa shape index (κ2) is 5.82. The lowest BCUT2D eigenvalue weighted by molar-refractivity contribution is 0.232. The van der Waals surface area contributed by atoms with Crippen LogP contribution in [-0.2, 0) is 0 Å². The van der Waals surface area contributed by atoms with E-state index in [-0.39, 0.29) is 18.5 Å². The van der Waals surface area contributed by atoms with E-state index < -0.39 is 0 Å². The molecule has 4 heteroatoms. The van der Waals surface area contributed by atoms with Gasteiger partial charge in [-0.05, 0) is 31.5 Å². The van der Waals surface area contributed by atoms with Gasteiger partial charge in [0, 0.05) is 24.6 Å². The van der Waals surface area contributed by atoms with E-state index in [2.05, 4.69) is 0 Å². The van der Waals surface area contributed by atoms with Crippen molar-refractivity contribution in [2.75, 3.05) is 13.2 Å². The summed E-state index contributed by atoms with van der Waals surface area (Å²) >= 11 is 0. The van der Waals surface area contributed by atoms with Crippen molar-refractivity contribution in [1.82, 2.24) is 0 Å². The molecule has 0 aromatic heterocycles. The van der Waals surface area contributed by atoms with E-state index >= 15 is 0 Å². The average Bonchev–Trinajstić information content (AvgIpc) is 2.23. The second-order valence-electron chi connectivity index (χ2n) is 3.85. The largest absolute Gasteiger partial charge is 0.493 e. The number of hydrogen-bond donors (Lipinski definition) is 2. The zero-order valence-corrected chi connectivity index (χ0v) is 9.66. The van der Waals surface area contributed by atoms with Gasteiger partial charge in [0.05, 0.1) is 6.61 Å². The molecule has 16 heavy (non-hydrogen) atoms. The Hall–Kier alpha value is -1.13. The number of ether oxygens (including phenoxy) is 1. The van der Waals surface area contributed by atoms with E-state index in [1.807, 2.05) is 0 Å². The van der Waals surface area contributed by atoms with Crippen molar-refractivity contribution in [1.29, 1.82) is 0 Å². The maximum atomic E-state index is 13.4. The third kappa shape index (κ3) is 3.18. The molecule has 0 aliphatic heterocycles. The van der Waals surface area contributed by atoms with Crippen molar-refractivity contribution in [3.05, 3.63) is 29.1 Å². The predicted molar refractivity (Wildman–Crippen MR) is 60.9 cm³/mol. The molecular weight excluding hydrogens is 209 g/mol. The van der Waals surface area contributed by atoms with Crippen LogP contribution in [0.1, 0.15) is 30.5 Å². The highest BCUT2D eigenvalue weighted by molar-refractivity contribution is 5.39. The first kappa shape index (κ1) is 12.9. The molecule has 1 aromatic rings. The number of halogens is 1. The summed E-state index contributed by atoms with van der Waals surface area (Å²) in [7, 11) is 0. The van der Waals surface area contributed by atoms with Crippen molar-refractivity contribution in [3.8, 4) is 5.75 Å². The highest BCUT2D eigenvalue weighted by atomic mass is 19.1. The van der Waals surface area contributed by atoms with Gasteiger partial charge in [-0.15, -0.1) is 0 Å². The first-order valence-electron chi connectivity index (χ1n) is 5.35. The molecule has 0 fully saturated rings. The predicted octanol–water partition coefficient (Wildman–Crippen LogP) is 1.92. The second-order valence-corrected chi connectivity index (χ2v) is 3.85.